The highest BCUT2D eigenvalue weighted by Crippen LogP contribution is 2.12. The normalized spacial score (nSPS) is 22.8. The molecule has 1 saturated heterocycles. The summed E-state index contributed by atoms with van der Waals surface area (Å²) in [6.07, 6.45) is 3.98. The minimum Gasteiger partial charge on any atom is -0.467 e. The van der Waals surface area contributed by atoms with Gasteiger partial charge in [0.25, 0.3) is 5.19 Å². The molecule has 0 saturated carbocycles. The molecular formula is C7H11N3OS. The van der Waals surface area contributed by atoms with Crippen molar-refractivity contribution >= 4 is 11.5 Å². The van der Waals surface area contributed by atoms with E-state index in [2.05, 4.69) is 14.7 Å². The van der Waals surface area contributed by atoms with Gasteiger partial charge in [-0.3, -0.25) is 0 Å². The van der Waals surface area contributed by atoms with E-state index in [4.69, 9.17) is 4.74 Å². The zero-order valence-corrected chi connectivity index (χ0v) is 7.51. The molecule has 4 nitrogen and oxygen atoms in total. The Balaban J connectivity index is 1.74. The molecule has 1 fully saturated rings. The van der Waals surface area contributed by atoms with Gasteiger partial charge in [0, 0.05) is 17.6 Å². The lowest BCUT2D eigenvalue weighted by Gasteiger charge is -2.08. The Hall–Kier alpha value is -0.680. The lowest BCUT2D eigenvalue weighted by Crippen LogP contribution is -2.28. The minimum absolute atomic E-state index is 0.508. The van der Waals surface area contributed by atoms with Crippen LogP contribution in [0, 0.1) is 0 Å². The second-order valence-electron chi connectivity index (χ2n) is 2.81. The number of hydrogen-bond acceptors (Lipinski definition) is 5. The molecule has 1 aliphatic rings. The van der Waals surface area contributed by atoms with Crippen LogP contribution in [-0.2, 0) is 0 Å². The van der Waals surface area contributed by atoms with E-state index in [9.17, 15) is 0 Å². The predicted molar refractivity (Wildman–Crippen MR) is 46.4 cm³/mol. The van der Waals surface area contributed by atoms with Crippen LogP contribution >= 0.6 is 11.5 Å². The highest BCUT2D eigenvalue weighted by atomic mass is 32.1. The zero-order chi connectivity index (χ0) is 8.23. The van der Waals surface area contributed by atoms with Gasteiger partial charge >= 0.3 is 0 Å². The van der Waals surface area contributed by atoms with Crippen LogP contribution in [-0.4, -0.2) is 28.6 Å². The molecule has 1 aliphatic heterocycles. The van der Waals surface area contributed by atoms with Crippen molar-refractivity contribution in [2.24, 2.45) is 0 Å². The van der Waals surface area contributed by atoms with Crippen LogP contribution in [0.3, 0.4) is 0 Å². The van der Waals surface area contributed by atoms with Crippen molar-refractivity contribution in [2.45, 2.75) is 18.9 Å². The molecule has 0 aliphatic carbocycles. The van der Waals surface area contributed by atoms with Crippen LogP contribution in [0.4, 0.5) is 0 Å². The van der Waals surface area contributed by atoms with Gasteiger partial charge in [-0.2, -0.15) is 9.36 Å². The molecule has 0 radical (unpaired) electrons. The monoisotopic (exact) mass is 185 g/mol. The summed E-state index contributed by atoms with van der Waals surface area (Å²) >= 11 is 1.30. The van der Waals surface area contributed by atoms with Crippen LogP contribution in [0.25, 0.3) is 0 Å². The first-order valence-corrected chi connectivity index (χ1v) is 4.85. The Bertz CT molecular complexity index is 221. The van der Waals surface area contributed by atoms with E-state index >= 15 is 0 Å². The first-order chi connectivity index (χ1) is 5.95. The smallest absolute Gasteiger partial charge is 0.292 e. The minimum atomic E-state index is 0.508. The van der Waals surface area contributed by atoms with E-state index in [1.54, 1.807) is 0 Å². The SMILES string of the molecule is c1nsc(OCC2CCCN2)n1. The van der Waals surface area contributed by atoms with Crippen molar-refractivity contribution in [2.75, 3.05) is 13.2 Å². The molecule has 1 aromatic heterocycles. The summed E-state index contributed by atoms with van der Waals surface area (Å²) in [6.45, 7) is 1.83. The molecular weight excluding hydrogens is 174 g/mol. The maximum atomic E-state index is 5.41. The van der Waals surface area contributed by atoms with E-state index in [1.165, 1.54) is 30.7 Å². The van der Waals surface area contributed by atoms with Gasteiger partial charge in [0.2, 0.25) is 0 Å². The molecule has 0 aromatic carbocycles. The van der Waals surface area contributed by atoms with E-state index in [1.807, 2.05) is 0 Å². The van der Waals surface area contributed by atoms with Crippen LogP contribution < -0.4 is 10.1 Å². The summed E-state index contributed by atoms with van der Waals surface area (Å²) < 4.78 is 9.26. The Morgan fingerprint density at radius 1 is 1.75 bits per heavy atom. The topological polar surface area (TPSA) is 47.0 Å². The van der Waals surface area contributed by atoms with Crippen molar-refractivity contribution in [3.8, 4) is 5.19 Å². The number of aromatic nitrogens is 2. The number of rotatable bonds is 3. The van der Waals surface area contributed by atoms with Gasteiger partial charge in [0.05, 0.1) is 0 Å². The van der Waals surface area contributed by atoms with Crippen LogP contribution in [0.1, 0.15) is 12.8 Å². The van der Waals surface area contributed by atoms with Crippen molar-refractivity contribution < 1.29 is 4.74 Å². The average Bonchev–Trinajstić information content (AvgIpc) is 2.74. The molecule has 0 bridgehead atoms. The van der Waals surface area contributed by atoms with Gasteiger partial charge in [0.1, 0.15) is 12.9 Å². The van der Waals surface area contributed by atoms with E-state index in [-0.39, 0.29) is 0 Å². The fourth-order valence-corrected chi connectivity index (χ4v) is 1.70. The summed E-state index contributed by atoms with van der Waals surface area (Å²) in [4.78, 5) is 3.93. The third-order valence-corrected chi connectivity index (χ3v) is 2.49. The third-order valence-electron chi connectivity index (χ3n) is 1.91. The highest BCUT2D eigenvalue weighted by Gasteiger charge is 2.14. The molecule has 2 rings (SSSR count). The van der Waals surface area contributed by atoms with Crippen LogP contribution in [0.2, 0.25) is 0 Å². The maximum absolute atomic E-state index is 5.41. The quantitative estimate of drug-likeness (QED) is 0.752. The number of nitrogens with one attached hydrogen (secondary N) is 1. The molecule has 12 heavy (non-hydrogen) atoms. The summed E-state index contributed by atoms with van der Waals surface area (Å²) in [7, 11) is 0. The molecule has 66 valence electrons. The fraction of sp³-hybridized carbons (Fsp3) is 0.714. The standard InChI is InChI=1S/C7H11N3OS/c1-2-6(8-3-1)4-11-7-9-5-10-12-7/h5-6,8H,1-4H2. The number of ether oxygens (including phenoxy) is 1. The molecule has 1 aromatic rings. The van der Waals surface area contributed by atoms with Gasteiger partial charge in [-0.15, -0.1) is 0 Å². The highest BCUT2D eigenvalue weighted by molar-refractivity contribution is 7.07. The van der Waals surface area contributed by atoms with Gasteiger partial charge in [-0.25, -0.2) is 0 Å². The van der Waals surface area contributed by atoms with Crippen molar-refractivity contribution in [1.82, 2.24) is 14.7 Å². The Labute approximate surface area is 75.1 Å². The third kappa shape index (κ3) is 1.92. The first kappa shape index (κ1) is 7.94. The first-order valence-electron chi connectivity index (χ1n) is 4.08. The van der Waals surface area contributed by atoms with Gasteiger partial charge in [0.15, 0.2) is 0 Å². The van der Waals surface area contributed by atoms with E-state index in [0.717, 1.165) is 13.2 Å². The summed E-state index contributed by atoms with van der Waals surface area (Å²) in [6, 6.07) is 0.508. The van der Waals surface area contributed by atoms with Crippen LogP contribution in [0.15, 0.2) is 6.33 Å². The number of nitrogens with zero attached hydrogens (tertiary/aromatic N) is 2. The average molecular weight is 185 g/mol. The van der Waals surface area contributed by atoms with Gasteiger partial charge < -0.3 is 10.1 Å². The molecule has 1 unspecified atom stereocenters. The maximum Gasteiger partial charge on any atom is 0.292 e. The molecule has 0 amide bonds. The van der Waals surface area contributed by atoms with Crippen molar-refractivity contribution in [3.63, 3.8) is 0 Å². The Morgan fingerprint density at radius 3 is 3.42 bits per heavy atom. The zero-order valence-electron chi connectivity index (χ0n) is 6.69. The lowest BCUT2D eigenvalue weighted by atomic mass is 10.2. The van der Waals surface area contributed by atoms with Gasteiger partial charge in [-0.1, -0.05) is 0 Å². The molecule has 1 N–H and O–H groups in total. The Morgan fingerprint density at radius 2 is 2.75 bits per heavy atom. The van der Waals surface area contributed by atoms with E-state index in [0.29, 0.717) is 11.2 Å². The lowest BCUT2D eigenvalue weighted by molar-refractivity contribution is 0.276. The Kier molecular flexibility index (Phi) is 2.53. The summed E-state index contributed by atoms with van der Waals surface area (Å²) in [5.74, 6) is 0. The number of hydrogen-bond donors (Lipinski definition) is 1. The summed E-state index contributed by atoms with van der Waals surface area (Å²) in [5.41, 5.74) is 0. The van der Waals surface area contributed by atoms with Gasteiger partial charge in [-0.05, 0) is 19.4 Å². The molecule has 1 atom stereocenters. The molecule has 5 heteroatoms. The van der Waals surface area contributed by atoms with Crippen molar-refractivity contribution in [1.29, 1.82) is 0 Å². The van der Waals surface area contributed by atoms with E-state index < -0.39 is 0 Å². The molecule has 2 heterocycles. The second kappa shape index (κ2) is 3.82. The van der Waals surface area contributed by atoms with Crippen LogP contribution in [0.5, 0.6) is 5.19 Å². The second-order valence-corrected chi connectivity index (χ2v) is 3.55. The van der Waals surface area contributed by atoms with Crippen molar-refractivity contribution in [3.05, 3.63) is 6.33 Å². The molecule has 0 spiro atoms. The summed E-state index contributed by atoms with van der Waals surface area (Å²) in [5, 5.41) is 4.02. The largest absolute Gasteiger partial charge is 0.467 e. The fourth-order valence-electron chi connectivity index (χ4n) is 1.30. The predicted octanol–water partition coefficient (Wildman–Crippen LogP) is 0.669.